The predicted octanol–water partition coefficient (Wildman–Crippen LogP) is 2.81. The van der Waals surface area contributed by atoms with Gasteiger partial charge in [0.25, 0.3) is 5.69 Å². The SMILES string of the molecule is CCCN(C(=O)Cc1ccc([N+](=O)[O-])cc1Cl)C1CCNC1.Cl. The predicted molar refractivity (Wildman–Crippen MR) is 92.3 cm³/mol. The fourth-order valence-electron chi connectivity index (χ4n) is 2.71. The van der Waals surface area contributed by atoms with Gasteiger partial charge in [0.2, 0.25) is 5.91 Å². The molecule has 0 radical (unpaired) electrons. The zero-order valence-corrected chi connectivity index (χ0v) is 14.5. The third-order valence-electron chi connectivity index (χ3n) is 3.85. The number of nitrogens with zero attached hydrogens (tertiary/aromatic N) is 2. The fraction of sp³-hybridized carbons (Fsp3) is 0.533. The topological polar surface area (TPSA) is 75.5 Å². The third kappa shape index (κ3) is 5.06. The minimum absolute atomic E-state index is 0. The molecule has 1 aliphatic rings. The molecule has 1 heterocycles. The summed E-state index contributed by atoms with van der Waals surface area (Å²) in [4.78, 5) is 24.7. The van der Waals surface area contributed by atoms with Crippen LogP contribution >= 0.6 is 24.0 Å². The quantitative estimate of drug-likeness (QED) is 0.624. The number of halogens is 2. The highest BCUT2D eigenvalue weighted by molar-refractivity contribution is 6.31. The van der Waals surface area contributed by atoms with Gasteiger partial charge in [-0.3, -0.25) is 14.9 Å². The van der Waals surface area contributed by atoms with Crippen molar-refractivity contribution in [1.29, 1.82) is 0 Å². The Labute approximate surface area is 146 Å². The van der Waals surface area contributed by atoms with E-state index in [2.05, 4.69) is 5.32 Å². The number of nitro benzene ring substituents is 1. The van der Waals surface area contributed by atoms with Crippen LogP contribution in [0.5, 0.6) is 0 Å². The summed E-state index contributed by atoms with van der Waals surface area (Å²) in [5, 5.41) is 14.3. The molecule has 1 aliphatic heterocycles. The second kappa shape index (κ2) is 9.05. The van der Waals surface area contributed by atoms with Gasteiger partial charge in [-0.05, 0) is 24.9 Å². The van der Waals surface area contributed by atoms with Gasteiger partial charge in [-0.1, -0.05) is 24.6 Å². The Balaban J connectivity index is 0.00000264. The summed E-state index contributed by atoms with van der Waals surface area (Å²) in [5.74, 6) is 0.0197. The molecular formula is C15H21Cl2N3O3. The van der Waals surface area contributed by atoms with Crippen LogP contribution < -0.4 is 5.32 Å². The summed E-state index contributed by atoms with van der Waals surface area (Å²) < 4.78 is 0. The summed E-state index contributed by atoms with van der Waals surface area (Å²) in [6, 6.07) is 4.47. The van der Waals surface area contributed by atoms with Gasteiger partial charge in [-0.15, -0.1) is 12.4 Å². The standard InChI is InChI=1S/C15H20ClN3O3.ClH/c1-2-7-18(13-5-6-17-10-13)15(20)8-11-3-4-12(19(21)22)9-14(11)16;/h3-4,9,13,17H,2,5-8,10H2,1H3;1H. The molecule has 0 aliphatic carbocycles. The summed E-state index contributed by atoms with van der Waals surface area (Å²) in [5.41, 5.74) is 0.566. The minimum Gasteiger partial charge on any atom is -0.338 e. The second-order valence-corrected chi connectivity index (χ2v) is 5.85. The van der Waals surface area contributed by atoms with Gasteiger partial charge in [0.1, 0.15) is 0 Å². The van der Waals surface area contributed by atoms with Crippen molar-refractivity contribution in [2.45, 2.75) is 32.2 Å². The highest BCUT2D eigenvalue weighted by atomic mass is 35.5. The molecule has 0 bridgehead atoms. The summed E-state index contributed by atoms with van der Waals surface area (Å²) in [6.07, 6.45) is 2.03. The number of carbonyl (C=O) groups is 1. The van der Waals surface area contributed by atoms with Crippen molar-refractivity contribution in [3.05, 3.63) is 38.9 Å². The molecule has 1 fully saturated rings. The van der Waals surface area contributed by atoms with E-state index in [9.17, 15) is 14.9 Å². The number of non-ortho nitro benzene ring substituents is 1. The van der Waals surface area contributed by atoms with E-state index in [1.54, 1.807) is 6.07 Å². The molecule has 1 aromatic carbocycles. The number of amides is 1. The molecule has 1 unspecified atom stereocenters. The molecule has 1 saturated heterocycles. The van der Waals surface area contributed by atoms with Crippen molar-refractivity contribution in [3.8, 4) is 0 Å². The number of carbonyl (C=O) groups excluding carboxylic acids is 1. The maximum Gasteiger partial charge on any atom is 0.270 e. The van der Waals surface area contributed by atoms with Crippen LogP contribution in [0.1, 0.15) is 25.3 Å². The minimum atomic E-state index is -0.495. The highest BCUT2D eigenvalue weighted by Gasteiger charge is 2.26. The lowest BCUT2D eigenvalue weighted by molar-refractivity contribution is -0.384. The molecule has 1 aromatic rings. The Bertz CT molecular complexity index is 563. The molecule has 0 spiro atoms. The van der Waals surface area contributed by atoms with Crippen LogP contribution in [0.25, 0.3) is 0 Å². The van der Waals surface area contributed by atoms with Crippen LogP contribution in [-0.2, 0) is 11.2 Å². The number of hydrogen-bond donors (Lipinski definition) is 1. The fourth-order valence-corrected chi connectivity index (χ4v) is 2.96. The zero-order valence-electron chi connectivity index (χ0n) is 13.0. The van der Waals surface area contributed by atoms with Crippen LogP contribution in [0.4, 0.5) is 5.69 Å². The first-order valence-electron chi connectivity index (χ1n) is 7.46. The average molecular weight is 362 g/mol. The van der Waals surface area contributed by atoms with Gasteiger partial charge < -0.3 is 10.2 Å². The Morgan fingerprint density at radius 1 is 1.52 bits per heavy atom. The molecule has 1 atom stereocenters. The van der Waals surface area contributed by atoms with Crippen molar-refractivity contribution in [1.82, 2.24) is 10.2 Å². The summed E-state index contributed by atoms with van der Waals surface area (Å²) in [7, 11) is 0. The van der Waals surface area contributed by atoms with Gasteiger partial charge in [-0.25, -0.2) is 0 Å². The first kappa shape index (κ1) is 19.7. The van der Waals surface area contributed by atoms with Crippen LogP contribution in [-0.4, -0.2) is 41.4 Å². The van der Waals surface area contributed by atoms with Crippen LogP contribution in [0.2, 0.25) is 5.02 Å². The molecular weight excluding hydrogens is 341 g/mol. The largest absolute Gasteiger partial charge is 0.338 e. The monoisotopic (exact) mass is 361 g/mol. The molecule has 1 N–H and O–H groups in total. The zero-order chi connectivity index (χ0) is 16.1. The average Bonchev–Trinajstić information content (AvgIpc) is 3.00. The molecule has 1 amide bonds. The lowest BCUT2D eigenvalue weighted by Crippen LogP contribution is -2.42. The molecule has 6 nitrogen and oxygen atoms in total. The van der Waals surface area contributed by atoms with Crippen molar-refractivity contribution in [2.24, 2.45) is 0 Å². The number of hydrogen-bond acceptors (Lipinski definition) is 4. The van der Waals surface area contributed by atoms with Crippen molar-refractivity contribution in [2.75, 3.05) is 19.6 Å². The molecule has 0 aromatic heterocycles. The van der Waals surface area contributed by atoms with Gasteiger partial charge in [0.15, 0.2) is 0 Å². The first-order chi connectivity index (χ1) is 10.5. The number of benzene rings is 1. The van der Waals surface area contributed by atoms with Gasteiger partial charge in [-0.2, -0.15) is 0 Å². The van der Waals surface area contributed by atoms with Gasteiger partial charge in [0, 0.05) is 31.3 Å². The van der Waals surface area contributed by atoms with E-state index in [1.165, 1.54) is 12.1 Å². The maximum absolute atomic E-state index is 12.6. The smallest absolute Gasteiger partial charge is 0.270 e. The highest BCUT2D eigenvalue weighted by Crippen LogP contribution is 2.24. The molecule has 128 valence electrons. The maximum atomic E-state index is 12.6. The molecule has 8 heteroatoms. The number of rotatable bonds is 6. The Morgan fingerprint density at radius 3 is 2.78 bits per heavy atom. The molecule has 0 saturated carbocycles. The van der Waals surface area contributed by atoms with Crippen molar-refractivity contribution in [3.63, 3.8) is 0 Å². The van der Waals surface area contributed by atoms with E-state index >= 15 is 0 Å². The lowest BCUT2D eigenvalue weighted by atomic mass is 10.1. The van der Waals surface area contributed by atoms with Crippen LogP contribution in [0.3, 0.4) is 0 Å². The Kier molecular flexibility index (Phi) is 7.75. The Morgan fingerprint density at radius 2 is 2.26 bits per heavy atom. The lowest BCUT2D eigenvalue weighted by Gasteiger charge is -2.28. The van der Waals surface area contributed by atoms with Gasteiger partial charge in [0.05, 0.1) is 16.4 Å². The molecule has 23 heavy (non-hydrogen) atoms. The van der Waals surface area contributed by atoms with E-state index in [0.29, 0.717) is 5.56 Å². The summed E-state index contributed by atoms with van der Waals surface area (Å²) in [6.45, 7) is 4.51. The number of nitrogens with one attached hydrogen (secondary N) is 1. The van der Waals surface area contributed by atoms with Gasteiger partial charge >= 0.3 is 0 Å². The first-order valence-corrected chi connectivity index (χ1v) is 7.83. The molecule has 2 rings (SSSR count). The van der Waals surface area contributed by atoms with Crippen LogP contribution in [0.15, 0.2) is 18.2 Å². The van der Waals surface area contributed by atoms with E-state index in [0.717, 1.165) is 32.5 Å². The van der Waals surface area contributed by atoms with E-state index < -0.39 is 4.92 Å². The van der Waals surface area contributed by atoms with E-state index in [4.69, 9.17) is 11.6 Å². The van der Waals surface area contributed by atoms with E-state index in [-0.39, 0.29) is 41.5 Å². The Hall–Kier alpha value is -1.37. The number of nitro groups is 1. The van der Waals surface area contributed by atoms with Crippen molar-refractivity contribution < 1.29 is 9.72 Å². The van der Waals surface area contributed by atoms with Crippen LogP contribution in [0, 0.1) is 10.1 Å². The van der Waals surface area contributed by atoms with E-state index in [1.807, 2.05) is 11.8 Å². The van der Waals surface area contributed by atoms with Crippen molar-refractivity contribution >= 4 is 35.6 Å². The summed E-state index contributed by atoms with van der Waals surface area (Å²) >= 11 is 6.07. The third-order valence-corrected chi connectivity index (χ3v) is 4.20. The second-order valence-electron chi connectivity index (χ2n) is 5.44. The normalized spacial score (nSPS) is 16.7.